The highest BCUT2D eigenvalue weighted by Crippen LogP contribution is 2.17. The second-order valence-electron chi connectivity index (χ2n) is 3.47. The van der Waals surface area contributed by atoms with Crippen molar-refractivity contribution in [2.24, 2.45) is 0 Å². The summed E-state index contributed by atoms with van der Waals surface area (Å²) in [5.74, 6) is 0.421. The molecule has 0 saturated heterocycles. The highest BCUT2D eigenvalue weighted by atomic mass is 16.4. The fraction of sp³-hybridized carbons (Fsp3) is 0.182. The van der Waals surface area contributed by atoms with Gasteiger partial charge >= 0.3 is 0 Å². The Morgan fingerprint density at radius 3 is 2.81 bits per heavy atom. The molecule has 0 radical (unpaired) electrons. The van der Waals surface area contributed by atoms with Gasteiger partial charge in [-0.05, 0) is 12.1 Å². The molecule has 2 aromatic rings. The van der Waals surface area contributed by atoms with Crippen molar-refractivity contribution in [1.82, 2.24) is 14.9 Å². The van der Waals surface area contributed by atoms with Crippen molar-refractivity contribution in [2.45, 2.75) is 0 Å². The molecule has 1 amide bonds. The lowest BCUT2D eigenvalue weighted by molar-refractivity contribution is 0.0797. The van der Waals surface area contributed by atoms with Crippen molar-refractivity contribution < 1.29 is 9.21 Å². The molecule has 5 nitrogen and oxygen atoms in total. The van der Waals surface area contributed by atoms with Gasteiger partial charge in [-0.15, -0.1) is 0 Å². The summed E-state index contributed by atoms with van der Waals surface area (Å²) in [6, 6.07) is 3.61. The topological polar surface area (TPSA) is 59.2 Å². The van der Waals surface area contributed by atoms with Crippen LogP contribution in [0.2, 0.25) is 0 Å². The van der Waals surface area contributed by atoms with Gasteiger partial charge in [-0.3, -0.25) is 9.78 Å². The quantitative estimate of drug-likeness (QED) is 0.763. The van der Waals surface area contributed by atoms with E-state index in [1.165, 1.54) is 11.1 Å². The highest BCUT2D eigenvalue weighted by molar-refractivity contribution is 5.91. The van der Waals surface area contributed by atoms with Gasteiger partial charge in [-0.1, -0.05) is 0 Å². The molecular formula is C11H11N3O2. The number of hydrogen-bond acceptors (Lipinski definition) is 4. The number of amides is 1. The van der Waals surface area contributed by atoms with Crippen LogP contribution in [0.1, 0.15) is 10.6 Å². The molecule has 2 aromatic heterocycles. The van der Waals surface area contributed by atoms with Crippen LogP contribution in [0.15, 0.2) is 35.1 Å². The first-order chi connectivity index (χ1) is 7.68. The zero-order valence-corrected chi connectivity index (χ0v) is 9.04. The van der Waals surface area contributed by atoms with E-state index in [1.54, 1.807) is 32.6 Å². The van der Waals surface area contributed by atoms with E-state index >= 15 is 0 Å². The predicted molar refractivity (Wildman–Crippen MR) is 57.8 cm³/mol. The first-order valence-corrected chi connectivity index (χ1v) is 4.76. The summed E-state index contributed by atoms with van der Waals surface area (Å²) in [5, 5.41) is 0. The van der Waals surface area contributed by atoms with Gasteiger partial charge in [-0.2, -0.15) is 0 Å². The SMILES string of the molecule is CN(C)C(=O)c1cnc(-c2cccnc2)o1. The average molecular weight is 217 g/mol. The maximum Gasteiger partial charge on any atom is 0.290 e. The van der Waals surface area contributed by atoms with Gasteiger partial charge in [-0.25, -0.2) is 4.98 Å². The van der Waals surface area contributed by atoms with Gasteiger partial charge in [0.25, 0.3) is 5.91 Å². The Morgan fingerprint density at radius 2 is 2.19 bits per heavy atom. The molecule has 0 aliphatic rings. The smallest absolute Gasteiger partial charge is 0.290 e. The summed E-state index contributed by atoms with van der Waals surface area (Å²) in [7, 11) is 3.32. The summed E-state index contributed by atoms with van der Waals surface area (Å²) in [6.07, 6.45) is 4.72. The fourth-order valence-corrected chi connectivity index (χ4v) is 1.22. The van der Waals surface area contributed by atoms with Crippen LogP contribution in [0.3, 0.4) is 0 Å². The van der Waals surface area contributed by atoms with Gasteiger partial charge in [0.05, 0.1) is 11.8 Å². The van der Waals surface area contributed by atoms with Gasteiger partial charge in [0.1, 0.15) is 0 Å². The minimum Gasteiger partial charge on any atom is -0.431 e. The number of carbonyl (C=O) groups excluding carboxylic acids is 1. The third-order valence-corrected chi connectivity index (χ3v) is 2.03. The molecule has 2 rings (SSSR count). The van der Waals surface area contributed by atoms with Crippen molar-refractivity contribution in [3.05, 3.63) is 36.5 Å². The highest BCUT2D eigenvalue weighted by Gasteiger charge is 2.14. The molecule has 0 atom stereocenters. The monoisotopic (exact) mass is 217 g/mol. The number of rotatable bonds is 2. The van der Waals surface area contributed by atoms with E-state index in [-0.39, 0.29) is 11.7 Å². The molecule has 0 N–H and O–H groups in total. The van der Waals surface area contributed by atoms with Crippen LogP contribution in [0.4, 0.5) is 0 Å². The van der Waals surface area contributed by atoms with E-state index < -0.39 is 0 Å². The Morgan fingerprint density at radius 1 is 1.38 bits per heavy atom. The molecule has 0 saturated carbocycles. The van der Waals surface area contributed by atoms with E-state index in [0.29, 0.717) is 5.89 Å². The Kier molecular flexibility index (Phi) is 2.68. The van der Waals surface area contributed by atoms with Crippen LogP contribution in [-0.4, -0.2) is 34.9 Å². The maximum absolute atomic E-state index is 11.6. The summed E-state index contributed by atoms with van der Waals surface area (Å²) in [5.41, 5.74) is 0.750. The Labute approximate surface area is 92.7 Å². The molecule has 16 heavy (non-hydrogen) atoms. The summed E-state index contributed by atoms with van der Waals surface area (Å²) in [4.78, 5) is 21.0. The minimum atomic E-state index is -0.206. The summed E-state index contributed by atoms with van der Waals surface area (Å²) >= 11 is 0. The van der Waals surface area contributed by atoms with Crippen molar-refractivity contribution in [2.75, 3.05) is 14.1 Å². The van der Waals surface area contributed by atoms with Gasteiger partial charge in [0.15, 0.2) is 0 Å². The van der Waals surface area contributed by atoms with Crippen molar-refractivity contribution in [1.29, 1.82) is 0 Å². The molecule has 0 aliphatic heterocycles. The Hall–Kier alpha value is -2.17. The number of carbonyl (C=O) groups is 1. The Bertz CT molecular complexity index is 491. The molecule has 0 spiro atoms. The molecular weight excluding hydrogens is 206 g/mol. The van der Waals surface area contributed by atoms with Crippen LogP contribution >= 0.6 is 0 Å². The van der Waals surface area contributed by atoms with Crippen molar-refractivity contribution >= 4 is 5.91 Å². The zero-order valence-electron chi connectivity index (χ0n) is 9.04. The second kappa shape index (κ2) is 4.14. The summed E-state index contributed by atoms with van der Waals surface area (Å²) < 4.78 is 5.35. The molecule has 0 bridgehead atoms. The predicted octanol–water partition coefficient (Wildman–Crippen LogP) is 1.44. The van der Waals surface area contributed by atoms with E-state index in [9.17, 15) is 4.79 Å². The summed E-state index contributed by atoms with van der Waals surface area (Å²) in [6.45, 7) is 0. The largest absolute Gasteiger partial charge is 0.431 e. The third-order valence-electron chi connectivity index (χ3n) is 2.03. The molecule has 0 aliphatic carbocycles. The fourth-order valence-electron chi connectivity index (χ4n) is 1.22. The second-order valence-corrected chi connectivity index (χ2v) is 3.47. The van der Waals surface area contributed by atoms with Gasteiger partial charge in [0, 0.05) is 26.5 Å². The lowest BCUT2D eigenvalue weighted by atomic mass is 10.3. The average Bonchev–Trinajstić information content (AvgIpc) is 2.78. The van der Waals surface area contributed by atoms with E-state index in [0.717, 1.165) is 5.56 Å². The maximum atomic E-state index is 11.6. The van der Waals surface area contributed by atoms with Crippen LogP contribution in [0.5, 0.6) is 0 Å². The molecule has 0 fully saturated rings. The standard InChI is InChI=1S/C11H11N3O2/c1-14(2)11(15)9-7-13-10(16-9)8-4-3-5-12-6-8/h3-7H,1-2H3. The van der Waals surface area contributed by atoms with Crippen LogP contribution in [0.25, 0.3) is 11.5 Å². The first-order valence-electron chi connectivity index (χ1n) is 4.76. The van der Waals surface area contributed by atoms with Gasteiger partial charge in [0.2, 0.25) is 11.7 Å². The third kappa shape index (κ3) is 1.93. The number of pyridine rings is 1. The lowest BCUT2D eigenvalue weighted by Crippen LogP contribution is -2.20. The molecule has 2 heterocycles. The molecule has 82 valence electrons. The van der Waals surface area contributed by atoms with Crippen LogP contribution in [0, 0.1) is 0 Å². The molecule has 0 aromatic carbocycles. The number of aromatic nitrogens is 2. The molecule has 5 heteroatoms. The van der Waals surface area contributed by atoms with E-state index in [4.69, 9.17) is 4.42 Å². The minimum absolute atomic E-state index is 0.206. The zero-order chi connectivity index (χ0) is 11.5. The van der Waals surface area contributed by atoms with E-state index in [1.807, 2.05) is 6.07 Å². The normalized spacial score (nSPS) is 10.1. The molecule has 0 unspecified atom stereocenters. The van der Waals surface area contributed by atoms with E-state index in [2.05, 4.69) is 9.97 Å². The Balaban J connectivity index is 2.30. The number of oxazole rings is 1. The van der Waals surface area contributed by atoms with Crippen LogP contribution in [-0.2, 0) is 0 Å². The van der Waals surface area contributed by atoms with Crippen LogP contribution < -0.4 is 0 Å². The van der Waals surface area contributed by atoms with Crippen molar-refractivity contribution in [3.8, 4) is 11.5 Å². The van der Waals surface area contributed by atoms with Crippen molar-refractivity contribution in [3.63, 3.8) is 0 Å². The number of nitrogens with zero attached hydrogens (tertiary/aromatic N) is 3. The first kappa shape index (κ1) is 10.4. The van der Waals surface area contributed by atoms with Gasteiger partial charge < -0.3 is 9.32 Å². The number of hydrogen-bond donors (Lipinski definition) is 0. The lowest BCUT2D eigenvalue weighted by Gasteiger charge is -2.05.